The van der Waals surface area contributed by atoms with Crippen LogP contribution in [0.3, 0.4) is 0 Å². The van der Waals surface area contributed by atoms with Gasteiger partial charge in [-0.15, -0.1) is 11.3 Å². The fourth-order valence-corrected chi connectivity index (χ4v) is 5.67. The molecule has 1 aliphatic rings. The molecule has 0 aliphatic carbocycles. The van der Waals surface area contributed by atoms with E-state index in [0.717, 1.165) is 23.6 Å². The molecule has 0 saturated heterocycles. The molecular weight excluding hydrogens is 315 g/mol. The van der Waals surface area contributed by atoms with Crippen LogP contribution in [0, 0.1) is 5.82 Å². The summed E-state index contributed by atoms with van der Waals surface area (Å²) in [5.74, 6) is -0.969. The number of thiophene rings is 1. The fourth-order valence-electron chi connectivity index (χ4n) is 2.43. The van der Waals surface area contributed by atoms with E-state index in [1.54, 1.807) is 18.4 Å². The lowest BCUT2D eigenvalue weighted by molar-refractivity contribution is 0.0929. The second kappa shape index (κ2) is 4.96. The van der Waals surface area contributed by atoms with Crippen LogP contribution in [0.25, 0.3) is 0 Å². The molecule has 0 unspecified atom stereocenters. The van der Waals surface area contributed by atoms with Gasteiger partial charge in [0.15, 0.2) is 9.84 Å². The van der Waals surface area contributed by atoms with Gasteiger partial charge < -0.3 is 10.3 Å². The Balaban J connectivity index is 1.89. The van der Waals surface area contributed by atoms with Gasteiger partial charge in [-0.1, -0.05) is 0 Å². The van der Waals surface area contributed by atoms with Crippen molar-refractivity contribution in [2.45, 2.75) is 28.8 Å². The Kier molecular flexibility index (Phi) is 3.37. The van der Waals surface area contributed by atoms with Gasteiger partial charge in [-0.3, -0.25) is 4.79 Å². The summed E-state index contributed by atoms with van der Waals surface area (Å²) in [6.07, 6.45) is 1.40. The van der Waals surface area contributed by atoms with E-state index in [1.165, 1.54) is 0 Å². The van der Waals surface area contributed by atoms with Crippen LogP contribution in [0.5, 0.6) is 0 Å². The summed E-state index contributed by atoms with van der Waals surface area (Å²) < 4.78 is 37.7. The molecule has 112 valence electrons. The summed E-state index contributed by atoms with van der Waals surface area (Å²) in [6, 6.07) is 2.43. The molecule has 1 amide bonds. The van der Waals surface area contributed by atoms with Gasteiger partial charge >= 0.3 is 0 Å². The van der Waals surface area contributed by atoms with Crippen molar-refractivity contribution in [2.24, 2.45) is 0 Å². The van der Waals surface area contributed by atoms with Gasteiger partial charge in [0.2, 0.25) is 0 Å². The molecule has 2 aromatic rings. The molecule has 0 radical (unpaired) electrons. The number of fused-ring (bicyclic) bond motifs is 1. The van der Waals surface area contributed by atoms with Crippen LogP contribution in [-0.2, 0) is 9.84 Å². The number of carbonyl (C=O) groups is 1. The molecule has 3 rings (SSSR count). The first-order valence-electron chi connectivity index (χ1n) is 6.35. The highest BCUT2D eigenvalue weighted by Crippen LogP contribution is 2.39. The molecule has 2 atom stereocenters. The number of rotatable bonds is 2. The van der Waals surface area contributed by atoms with Gasteiger partial charge in [-0.2, -0.15) is 0 Å². The fraction of sp³-hybridized carbons (Fsp3) is 0.308. The number of hydrogen-bond acceptors (Lipinski definition) is 4. The van der Waals surface area contributed by atoms with Crippen LogP contribution >= 0.6 is 11.3 Å². The van der Waals surface area contributed by atoms with E-state index >= 15 is 0 Å². The van der Waals surface area contributed by atoms with Crippen LogP contribution in [0.1, 0.15) is 35.4 Å². The lowest BCUT2D eigenvalue weighted by Crippen LogP contribution is -2.36. The molecule has 2 N–H and O–H groups in total. The predicted octanol–water partition coefficient (Wildman–Crippen LogP) is 2.25. The van der Waals surface area contributed by atoms with Crippen LogP contribution in [-0.4, -0.2) is 24.6 Å². The number of sulfone groups is 1. The van der Waals surface area contributed by atoms with E-state index in [4.69, 9.17) is 0 Å². The Labute approximate surface area is 125 Å². The number of halogens is 1. The van der Waals surface area contributed by atoms with Gasteiger partial charge in [0.05, 0.1) is 11.3 Å². The van der Waals surface area contributed by atoms with Crippen LogP contribution in [0.15, 0.2) is 27.9 Å². The minimum absolute atomic E-state index is 0.116. The second-order valence-corrected chi connectivity index (χ2v) is 8.49. The first-order chi connectivity index (χ1) is 9.89. The zero-order valence-corrected chi connectivity index (χ0v) is 12.7. The summed E-state index contributed by atoms with van der Waals surface area (Å²) in [4.78, 5) is 14.6. The van der Waals surface area contributed by atoms with Gasteiger partial charge in [-0.25, -0.2) is 12.8 Å². The summed E-state index contributed by atoms with van der Waals surface area (Å²) in [7, 11) is -3.31. The average Bonchev–Trinajstić information content (AvgIpc) is 3.05. The predicted molar refractivity (Wildman–Crippen MR) is 76.5 cm³/mol. The van der Waals surface area contributed by atoms with E-state index in [0.29, 0.717) is 16.2 Å². The maximum Gasteiger partial charge on any atom is 0.268 e. The third-order valence-corrected chi connectivity index (χ3v) is 7.30. The van der Waals surface area contributed by atoms with Crippen molar-refractivity contribution in [3.63, 3.8) is 0 Å². The smallest absolute Gasteiger partial charge is 0.268 e. The average molecular weight is 328 g/mol. The van der Waals surface area contributed by atoms with E-state index in [-0.39, 0.29) is 11.7 Å². The lowest BCUT2D eigenvalue weighted by Gasteiger charge is -2.27. The SMILES string of the molecule is C[C@H]1C[C@H](NC(=O)c2cc(F)c[nH]2)c2ccsc2S1(=O)=O. The third kappa shape index (κ3) is 2.38. The molecule has 0 aromatic carbocycles. The van der Waals surface area contributed by atoms with Crippen molar-refractivity contribution in [2.75, 3.05) is 0 Å². The Morgan fingerprint density at radius 1 is 1.52 bits per heavy atom. The summed E-state index contributed by atoms with van der Waals surface area (Å²) >= 11 is 1.16. The van der Waals surface area contributed by atoms with Gasteiger partial charge in [-0.05, 0) is 24.8 Å². The van der Waals surface area contributed by atoms with Crippen molar-refractivity contribution in [1.82, 2.24) is 10.3 Å². The van der Waals surface area contributed by atoms with Crippen LogP contribution in [0.2, 0.25) is 0 Å². The van der Waals surface area contributed by atoms with Gasteiger partial charge in [0.25, 0.3) is 5.91 Å². The van der Waals surface area contributed by atoms with Crippen molar-refractivity contribution < 1.29 is 17.6 Å². The normalized spacial score (nSPS) is 23.5. The minimum atomic E-state index is -3.31. The number of nitrogens with one attached hydrogen (secondary N) is 2. The van der Waals surface area contributed by atoms with Gasteiger partial charge in [0.1, 0.15) is 15.7 Å². The molecular formula is C13H13FN2O3S2. The molecule has 21 heavy (non-hydrogen) atoms. The first kappa shape index (κ1) is 14.3. The standard InChI is InChI=1S/C13H13FN2O3S2/c1-7-4-10(9-2-3-20-13(9)21(7,18)19)16-12(17)11-5-8(14)6-15-11/h2-3,5-7,10,15H,4H2,1H3,(H,16,17)/t7-,10-/m0/s1. The van der Waals surface area contributed by atoms with E-state index in [9.17, 15) is 17.6 Å². The number of aromatic amines is 1. The number of carbonyl (C=O) groups excluding carboxylic acids is 1. The van der Waals surface area contributed by atoms with Crippen molar-refractivity contribution in [3.05, 3.63) is 40.8 Å². The third-order valence-electron chi connectivity index (χ3n) is 3.59. The quantitative estimate of drug-likeness (QED) is 0.887. The first-order valence-corrected chi connectivity index (χ1v) is 8.78. The molecule has 0 fully saturated rings. The topological polar surface area (TPSA) is 79.0 Å². The van der Waals surface area contributed by atoms with E-state index in [1.807, 2.05) is 0 Å². The van der Waals surface area contributed by atoms with Crippen molar-refractivity contribution in [3.8, 4) is 0 Å². The summed E-state index contributed by atoms with van der Waals surface area (Å²) in [5.41, 5.74) is 0.726. The highest BCUT2D eigenvalue weighted by molar-refractivity contribution is 7.94. The van der Waals surface area contributed by atoms with Crippen molar-refractivity contribution in [1.29, 1.82) is 0 Å². The number of amides is 1. The number of hydrogen-bond donors (Lipinski definition) is 2. The second-order valence-electron chi connectivity index (χ2n) is 5.01. The molecule has 5 nitrogen and oxygen atoms in total. The molecule has 0 saturated carbocycles. The molecule has 2 aromatic heterocycles. The maximum absolute atomic E-state index is 12.9. The Hall–Kier alpha value is -1.67. The number of H-pyrrole nitrogens is 1. The molecule has 8 heteroatoms. The van der Waals surface area contributed by atoms with Crippen LogP contribution in [0.4, 0.5) is 4.39 Å². The van der Waals surface area contributed by atoms with Gasteiger partial charge in [0, 0.05) is 17.8 Å². The Morgan fingerprint density at radius 3 is 2.95 bits per heavy atom. The molecule has 0 bridgehead atoms. The highest BCUT2D eigenvalue weighted by atomic mass is 32.2. The Morgan fingerprint density at radius 2 is 2.29 bits per heavy atom. The highest BCUT2D eigenvalue weighted by Gasteiger charge is 2.38. The monoisotopic (exact) mass is 328 g/mol. The van der Waals surface area contributed by atoms with Crippen LogP contribution < -0.4 is 5.32 Å². The molecule has 3 heterocycles. The van der Waals surface area contributed by atoms with E-state index < -0.39 is 26.8 Å². The maximum atomic E-state index is 12.9. The lowest BCUT2D eigenvalue weighted by atomic mass is 10.0. The zero-order valence-electron chi connectivity index (χ0n) is 11.1. The Bertz CT molecular complexity index is 794. The summed E-state index contributed by atoms with van der Waals surface area (Å²) in [5, 5.41) is 3.91. The minimum Gasteiger partial charge on any atom is -0.355 e. The molecule has 0 spiro atoms. The zero-order chi connectivity index (χ0) is 15.2. The largest absolute Gasteiger partial charge is 0.355 e. The summed E-state index contributed by atoms with van der Waals surface area (Å²) in [6.45, 7) is 1.63. The molecule has 1 aliphatic heterocycles. The van der Waals surface area contributed by atoms with Crippen molar-refractivity contribution >= 4 is 27.1 Å². The van der Waals surface area contributed by atoms with E-state index in [2.05, 4.69) is 10.3 Å². The number of aromatic nitrogens is 1.